The lowest BCUT2D eigenvalue weighted by molar-refractivity contribution is 0.379. The van der Waals surface area contributed by atoms with Gasteiger partial charge in [0.15, 0.2) is 5.11 Å². The lowest BCUT2D eigenvalue weighted by atomic mass is 10.1. The van der Waals surface area contributed by atoms with E-state index in [4.69, 9.17) is 22.2 Å². The van der Waals surface area contributed by atoms with Crippen LogP contribution in [0, 0.1) is 13.8 Å². The van der Waals surface area contributed by atoms with Crippen molar-refractivity contribution >= 4 is 44.7 Å². The van der Waals surface area contributed by atoms with Crippen LogP contribution in [0.1, 0.15) is 35.2 Å². The van der Waals surface area contributed by atoms with Crippen molar-refractivity contribution in [3.8, 4) is 0 Å². The van der Waals surface area contributed by atoms with Crippen molar-refractivity contribution in [2.24, 2.45) is 0 Å². The van der Waals surface area contributed by atoms with Crippen LogP contribution < -0.4 is 10.2 Å². The number of thiophene rings is 1. The lowest BCUT2D eigenvalue weighted by Gasteiger charge is -2.37. The molecule has 1 N–H and O–H groups in total. The molecule has 0 aliphatic carbocycles. The minimum absolute atomic E-state index is 0.755. The summed E-state index contributed by atoms with van der Waals surface area (Å²) in [6, 6.07) is 10.5. The third-order valence-electron chi connectivity index (χ3n) is 5.65. The second kappa shape index (κ2) is 9.27. The van der Waals surface area contributed by atoms with Gasteiger partial charge >= 0.3 is 0 Å². The van der Waals surface area contributed by atoms with Crippen LogP contribution in [-0.4, -0.2) is 52.7 Å². The molecule has 2 aromatic heterocycles. The maximum Gasteiger partial charge on any atom is 0.169 e. The Morgan fingerprint density at radius 3 is 2.53 bits per heavy atom. The molecule has 3 heterocycles. The van der Waals surface area contributed by atoms with Crippen LogP contribution in [-0.2, 0) is 6.42 Å². The van der Waals surface area contributed by atoms with E-state index in [9.17, 15) is 0 Å². The average molecular weight is 440 g/mol. The molecule has 5 nitrogen and oxygen atoms in total. The largest absolute Gasteiger partial charge is 0.363 e. The number of thiocarbonyl (C=S) groups is 1. The maximum absolute atomic E-state index is 5.56. The Labute approximate surface area is 188 Å². The van der Waals surface area contributed by atoms with E-state index < -0.39 is 0 Å². The normalized spacial score (nSPS) is 14.4. The minimum atomic E-state index is 0.755. The first-order chi connectivity index (χ1) is 14.6. The van der Waals surface area contributed by atoms with E-state index in [0.29, 0.717) is 0 Å². The number of aryl methyl sites for hydroxylation is 2. The van der Waals surface area contributed by atoms with Gasteiger partial charge in [-0.2, -0.15) is 0 Å². The van der Waals surface area contributed by atoms with E-state index in [-0.39, 0.29) is 0 Å². The van der Waals surface area contributed by atoms with E-state index in [1.54, 1.807) is 11.3 Å². The van der Waals surface area contributed by atoms with Gasteiger partial charge in [-0.3, -0.25) is 0 Å². The van der Waals surface area contributed by atoms with Crippen LogP contribution in [0.25, 0.3) is 10.2 Å². The second-order valence-electron chi connectivity index (χ2n) is 7.80. The second-order valence-corrected chi connectivity index (χ2v) is 9.39. The summed E-state index contributed by atoms with van der Waals surface area (Å²) in [6.07, 6.45) is 1.84. The monoisotopic (exact) mass is 439 g/mol. The first-order valence-corrected chi connectivity index (χ1v) is 11.9. The third-order valence-corrected chi connectivity index (χ3v) is 7.16. The van der Waals surface area contributed by atoms with Crippen molar-refractivity contribution in [2.75, 3.05) is 37.6 Å². The summed E-state index contributed by atoms with van der Waals surface area (Å²) in [6.45, 7) is 11.1. The van der Waals surface area contributed by atoms with Crippen LogP contribution in [0.5, 0.6) is 0 Å². The quantitative estimate of drug-likeness (QED) is 0.598. The van der Waals surface area contributed by atoms with Gasteiger partial charge in [0.1, 0.15) is 16.5 Å². The molecule has 0 atom stereocenters. The zero-order valence-electron chi connectivity index (χ0n) is 17.9. The number of nitrogens with one attached hydrogen (secondary N) is 1. The zero-order chi connectivity index (χ0) is 21.1. The third kappa shape index (κ3) is 4.42. The number of fused-ring (bicyclic) bond motifs is 1. The molecule has 158 valence electrons. The van der Waals surface area contributed by atoms with Crippen molar-refractivity contribution in [2.45, 2.75) is 33.6 Å². The van der Waals surface area contributed by atoms with Gasteiger partial charge in [0.25, 0.3) is 0 Å². The summed E-state index contributed by atoms with van der Waals surface area (Å²) in [5.41, 5.74) is 2.55. The summed E-state index contributed by atoms with van der Waals surface area (Å²) in [7, 11) is 0. The number of hydrogen-bond acceptors (Lipinski definition) is 5. The molecule has 3 aromatic rings. The number of benzene rings is 1. The first-order valence-electron chi connectivity index (χ1n) is 10.6. The van der Waals surface area contributed by atoms with Crippen LogP contribution in [0.4, 0.5) is 5.82 Å². The van der Waals surface area contributed by atoms with Crippen molar-refractivity contribution in [1.82, 2.24) is 20.2 Å². The molecule has 30 heavy (non-hydrogen) atoms. The van der Waals surface area contributed by atoms with Gasteiger partial charge < -0.3 is 15.1 Å². The Morgan fingerprint density at radius 2 is 1.83 bits per heavy atom. The molecular weight excluding hydrogens is 410 g/mol. The topological polar surface area (TPSA) is 44.3 Å². The van der Waals surface area contributed by atoms with Crippen LogP contribution >= 0.6 is 23.6 Å². The summed E-state index contributed by atoms with van der Waals surface area (Å²) >= 11 is 7.34. The SMILES string of the molecule is CCCNC(=S)N1CCN(c2nc(Cc3ccccc3)nc3sc(C)c(C)c23)CC1. The highest BCUT2D eigenvalue weighted by Crippen LogP contribution is 2.35. The molecule has 1 aliphatic heterocycles. The number of nitrogens with zero attached hydrogens (tertiary/aromatic N) is 4. The highest BCUT2D eigenvalue weighted by Gasteiger charge is 2.24. The molecule has 7 heteroatoms. The van der Waals surface area contributed by atoms with Crippen LogP contribution in [0.3, 0.4) is 0 Å². The average Bonchev–Trinajstić information content (AvgIpc) is 3.05. The van der Waals surface area contributed by atoms with E-state index >= 15 is 0 Å². The molecule has 1 aliphatic rings. The fraction of sp³-hybridized carbons (Fsp3) is 0.435. The lowest BCUT2D eigenvalue weighted by Crippen LogP contribution is -2.52. The zero-order valence-corrected chi connectivity index (χ0v) is 19.6. The van der Waals surface area contributed by atoms with Crippen molar-refractivity contribution in [3.63, 3.8) is 0 Å². The Hall–Kier alpha value is -2.25. The Morgan fingerprint density at radius 1 is 1.10 bits per heavy atom. The predicted octanol–water partition coefficient (Wildman–Crippen LogP) is 4.31. The molecule has 0 unspecified atom stereocenters. The van der Waals surface area contributed by atoms with Crippen molar-refractivity contribution in [1.29, 1.82) is 0 Å². The number of piperazine rings is 1. The Kier molecular flexibility index (Phi) is 6.49. The van der Waals surface area contributed by atoms with Gasteiger partial charge in [-0.15, -0.1) is 11.3 Å². The van der Waals surface area contributed by atoms with E-state index in [1.807, 2.05) is 6.07 Å². The molecule has 1 aromatic carbocycles. The number of rotatable bonds is 5. The van der Waals surface area contributed by atoms with E-state index in [2.05, 4.69) is 60.2 Å². The summed E-state index contributed by atoms with van der Waals surface area (Å²) in [5, 5.41) is 5.44. The van der Waals surface area contributed by atoms with E-state index in [0.717, 1.165) is 67.2 Å². The van der Waals surface area contributed by atoms with E-state index in [1.165, 1.54) is 21.4 Å². The molecule has 0 spiro atoms. The molecule has 4 rings (SSSR count). The highest BCUT2D eigenvalue weighted by molar-refractivity contribution is 7.80. The molecular formula is C23H29N5S2. The maximum atomic E-state index is 5.56. The van der Waals surface area contributed by atoms with Crippen LogP contribution in [0.2, 0.25) is 0 Å². The van der Waals surface area contributed by atoms with Crippen LogP contribution in [0.15, 0.2) is 30.3 Å². The van der Waals surface area contributed by atoms with Crippen molar-refractivity contribution in [3.05, 3.63) is 52.2 Å². The van der Waals surface area contributed by atoms with Gasteiger partial charge in [-0.25, -0.2) is 9.97 Å². The molecule has 1 saturated heterocycles. The number of hydrogen-bond donors (Lipinski definition) is 1. The summed E-state index contributed by atoms with van der Waals surface area (Å²) in [4.78, 5) is 17.1. The number of anilines is 1. The Balaban J connectivity index is 1.60. The Bertz CT molecular complexity index is 1020. The fourth-order valence-corrected chi connectivity index (χ4v) is 5.15. The summed E-state index contributed by atoms with van der Waals surface area (Å²) in [5.74, 6) is 1.98. The van der Waals surface area contributed by atoms with Gasteiger partial charge in [0.05, 0.1) is 5.39 Å². The molecule has 0 saturated carbocycles. The molecule has 0 amide bonds. The highest BCUT2D eigenvalue weighted by atomic mass is 32.1. The fourth-order valence-electron chi connectivity index (χ4n) is 3.82. The minimum Gasteiger partial charge on any atom is -0.363 e. The first kappa shape index (κ1) is 21.0. The molecule has 1 fully saturated rings. The molecule has 0 radical (unpaired) electrons. The van der Waals surface area contributed by atoms with Gasteiger partial charge in [0, 0.05) is 44.0 Å². The predicted molar refractivity (Wildman–Crippen MR) is 131 cm³/mol. The van der Waals surface area contributed by atoms with Crippen molar-refractivity contribution < 1.29 is 0 Å². The number of aromatic nitrogens is 2. The summed E-state index contributed by atoms with van der Waals surface area (Å²) < 4.78 is 0. The molecule has 0 bridgehead atoms. The van der Waals surface area contributed by atoms with Gasteiger partial charge in [-0.1, -0.05) is 37.3 Å². The van der Waals surface area contributed by atoms with Gasteiger partial charge in [-0.05, 0) is 43.6 Å². The standard InChI is InChI=1S/C23H29N5S2/c1-4-10-24-23(29)28-13-11-27(12-14-28)21-20-16(2)17(3)30-22(20)26-19(25-21)15-18-8-6-5-7-9-18/h5-9H,4,10-15H2,1-3H3,(H,24,29). The van der Waals surface area contributed by atoms with Gasteiger partial charge in [0.2, 0.25) is 0 Å². The smallest absolute Gasteiger partial charge is 0.169 e.